The van der Waals surface area contributed by atoms with E-state index in [-0.39, 0.29) is 17.5 Å². The van der Waals surface area contributed by atoms with Gasteiger partial charge in [-0.2, -0.15) is 0 Å². The summed E-state index contributed by atoms with van der Waals surface area (Å²) in [7, 11) is 0. The molecule has 0 aromatic rings. The Morgan fingerprint density at radius 2 is 2.25 bits per heavy atom. The predicted octanol–water partition coefficient (Wildman–Crippen LogP) is 0.438. The highest BCUT2D eigenvalue weighted by molar-refractivity contribution is 5.82. The number of amidine groups is 1. The zero-order valence-corrected chi connectivity index (χ0v) is 10.5. The average molecular weight is 229 g/mol. The van der Waals surface area contributed by atoms with Crippen LogP contribution < -0.4 is 5.73 Å². The molecule has 0 spiro atoms. The largest absolute Gasteiger partial charge is 0.385 e. The lowest BCUT2D eigenvalue weighted by Crippen LogP contribution is -2.49. The summed E-state index contributed by atoms with van der Waals surface area (Å²) >= 11 is 0. The minimum absolute atomic E-state index is 0.0910. The van der Waals surface area contributed by atoms with Crippen molar-refractivity contribution < 1.29 is 9.47 Å². The summed E-state index contributed by atoms with van der Waals surface area (Å²) in [5, 5.41) is 7.35. The molecule has 5 nitrogen and oxygen atoms in total. The summed E-state index contributed by atoms with van der Waals surface area (Å²) < 4.78 is 11.0. The minimum atomic E-state index is -0.247. The lowest BCUT2D eigenvalue weighted by atomic mass is 10.2. The van der Waals surface area contributed by atoms with Crippen molar-refractivity contribution in [3.8, 4) is 0 Å². The highest BCUT2D eigenvalue weighted by Crippen LogP contribution is 2.08. The van der Waals surface area contributed by atoms with Crippen LogP contribution >= 0.6 is 0 Å². The second-order valence-electron chi connectivity index (χ2n) is 5.08. The molecule has 0 aromatic carbocycles. The lowest BCUT2D eigenvalue weighted by molar-refractivity contribution is -0.0376. The van der Waals surface area contributed by atoms with Crippen molar-refractivity contribution in [2.24, 2.45) is 5.73 Å². The SMILES string of the molecule is CC(C)(C)OCCN1CCOC(C(=N)N)C1. The van der Waals surface area contributed by atoms with Gasteiger partial charge in [0, 0.05) is 19.6 Å². The summed E-state index contributed by atoms with van der Waals surface area (Å²) in [6.45, 7) is 9.93. The Morgan fingerprint density at radius 3 is 2.81 bits per heavy atom. The number of nitrogens with zero attached hydrogens (tertiary/aromatic N) is 1. The van der Waals surface area contributed by atoms with Gasteiger partial charge in [-0.05, 0) is 20.8 Å². The molecule has 1 saturated heterocycles. The Hall–Kier alpha value is -0.650. The second kappa shape index (κ2) is 5.61. The van der Waals surface area contributed by atoms with E-state index in [1.165, 1.54) is 0 Å². The lowest BCUT2D eigenvalue weighted by Gasteiger charge is -2.32. The van der Waals surface area contributed by atoms with Gasteiger partial charge in [0.2, 0.25) is 0 Å². The van der Waals surface area contributed by atoms with E-state index in [2.05, 4.69) is 4.90 Å². The van der Waals surface area contributed by atoms with Gasteiger partial charge < -0.3 is 15.2 Å². The smallest absolute Gasteiger partial charge is 0.127 e. The van der Waals surface area contributed by atoms with Crippen LogP contribution in [-0.4, -0.2) is 55.3 Å². The molecule has 3 N–H and O–H groups in total. The van der Waals surface area contributed by atoms with Gasteiger partial charge in [0.25, 0.3) is 0 Å². The first-order valence-corrected chi connectivity index (χ1v) is 5.70. The first-order chi connectivity index (χ1) is 7.38. The number of morpholine rings is 1. The van der Waals surface area contributed by atoms with E-state index in [0.717, 1.165) is 13.1 Å². The molecular weight excluding hydrogens is 206 g/mol. The van der Waals surface area contributed by atoms with Crippen LogP contribution in [0.4, 0.5) is 0 Å². The van der Waals surface area contributed by atoms with Crippen LogP contribution in [0, 0.1) is 5.41 Å². The summed E-state index contributed by atoms with van der Waals surface area (Å²) in [5.41, 5.74) is 5.34. The highest BCUT2D eigenvalue weighted by Gasteiger charge is 2.22. The van der Waals surface area contributed by atoms with Crippen molar-refractivity contribution in [2.45, 2.75) is 32.5 Å². The molecule has 1 atom stereocenters. The van der Waals surface area contributed by atoms with E-state index in [0.29, 0.717) is 19.8 Å². The van der Waals surface area contributed by atoms with Crippen LogP contribution in [0.25, 0.3) is 0 Å². The first kappa shape index (κ1) is 13.4. The summed E-state index contributed by atoms with van der Waals surface area (Å²) in [4.78, 5) is 2.22. The van der Waals surface area contributed by atoms with Gasteiger partial charge in [-0.15, -0.1) is 0 Å². The number of hydrogen-bond acceptors (Lipinski definition) is 4. The Kier molecular flexibility index (Phi) is 4.70. The van der Waals surface area contributed by atoms with Crippen molar-refractivity contribution >= 4 is 5.84 Å². The molecule has 0 radical (unpaired) electrons. The monoisotopic (exact) mass is 229 g/mol. The molecule has 1 heterocycles. The fourth-order valence-electron chi connectivity index (χ4n) is 1.57. The van der Waals surface area contributed by atoms with Gasteiger partial charge in [0.15, 0.2) is 0 Å². The second-order valence-corrected chi connectivity index (χ2v) is 5.08. The molecule has 1 rings (SSSR count). The van der Waals surface area contributed by atoms with Crippen molar-refractivity contribution in [1.29, 1.82) is 5.41 Å². The van der Waals surface area contributed by atoms with Crippen molar-refractivity contribution in [1.82, 2.24) is 4.90 Å². The first-order valence-electron chi connectivity index (χ1n) is 5.70. The Balaban J connectivity index is 2.24. The van der Waals surface area contributed by atoms with Crippen LogP contribution in [-0.2, 0) is 9.47 Å². The normalized spacial score (nSPS) is 23.3. The van der Waals surface area contributed by atoms with Crippen LogP contribution in [0.15, 0.2) is 0 Å². The van der Waals surface area contributed by atoms with E-state index >= 15 is 0 Å². The molecule has 1 fully saturated rings. The highest BCUT2D eigenvalue weighted by atomic mass is 16.5. The van der Waals surface area contributed by atoms with E-state index < -0.39 is 0 Å². The number of hydrogen-bond donors (Lipinski definition) is 2. The third-order valence-corrected chi connectivity index (χ3v) is 2.44. The fourth-order valence-corrected chi connectivity index (χ4v) is 1.57. The number of ether oxygens (including phenoxy) is 2. The minimum Gasteiger partial charge on any atom is -0.385 e. The predicted molar refractivity (Wildman–Crippen MR) is 63.8 cm³/mol. The molecule has 16 heavy (non-hydrogen) atoms. The Bertz CT molecular complexity index is 238. The van der Waals surface area contributed by atoms with E-state index in [1.807, 2.05) is 20.8 Å². The van der Waals surface area contributed by atoms with Gasteiger partial charge in [-0.25, -0.2) is 0 Å². The van der Waals surface area contributed by atoms with Crippen LogP contribution in [0.5, 0.6) is 0 Å². The maximum absolute atomic E-state index is 7.35. The molecule has 0 aliphatic carbocycles. The molecule has 94 valence electrons. The molecule has 0 saturated carbocycles. The number of nitrogens with two attached hydrogens (primary N) is 1. The van der Waals surface area contributed by atoms with Crippen molar-refractivity contribution in [2.75, 3.05) is 32.8 Å². The molecule has 1 aliphatic rings. The Labute approximate surface area is 97.4 Å². The molecule has 0 amide bonds. The standard InChI is InChI=1S/C11H23N3O2/c1-11(2,3)16-7-5-14-4-6-15-9(8-14)10(12)13/h9H,4-8H2,1-3H3,(H3,12,13). The van der Waals surface area contributed by atoms with Gasteiger partial charge in [-0.1, -0.05) is 0 Å². The molecular formula is C11H23N3O2. The third kappa shape index (κ3) is 4.92. The van der Waals surface area contributed by atoms with Crippen LogP contribution in [0.3, 0.4) is 0 Å². The molecule has 1 aliphatic heterocycles. The van der Waals surface area contributed by atoms with E-state index in [4.69, 9.17) is 20.6 Å². The van der Waals surface area contributed by atoms with Crippen LogP contribution in [0.2, 0.25) is 0 Å². The molecule has 0 bridgehead atoms. The van der Waals surface area contributed by atoms with Crippen LogP contribution in [0.1, 0.15) is 20.8 Å². The van der Waals surface area contributed by atoms with Gasteiger partial charge in [0.05, 0.1) is 18.8 Å². The fraction of sp³-hybridized carbons (Fsp3) is 0.909. The van der Waals surface area contributed by atoms with Gasteiger partial charge in [-0.3, -0.25) is 10.3 Å². The van der Waals surface area contributed by atoms with Crippen molar-refractivity contribution in [3.63, 3.8) is 0 Å². The van der Waals surface area contributed by atoms with Gasteiger partial charge in [0.1, 0.15) is 11.9 Å². The summed E-state index contributed by atoms with van der Waals surface area (Å²) in [6, 6.07) is 0. The quantitative estimate of drug-likeness (QED) is 0.542. The molecule has 0 aromatic heterocycles. The molecule has 5 heteroatoms. The summed E-state index contributed by atoms with van der Waals surface area (Å²) in [6.07, 6.45) is -0.247. The maximum Gasteiger partial charge on any atom is 0.127 e. The third-order valence-electron chi connectivity index (χ3n) is 2.44. The summed E-state index contributed by atoms with van der Waals surface area (Å²) in [5.74, 6) is 0.112. The number of nitrogens with one attached hydrogen (secondary N) is 1. The average Bonchev–Trinajstić information content (AvgIpc) is 2.16. The van der Waals surface area contributed by atoms with Crippen molar-refractivity contribution in [3.05, 3.63) is 0 Å². The van der Waals surface area contributed by atoms with E-state index in [9.17, 15) is 0 Å². The van der Waals surface area contributed by atoms with Gasteiger partial charge >= 0.3 is 0 Å². The topological polar surface area (TPSA) is 71.6 Å². The number of rotatable bonds is 4. The van der Waals surface area contributed by atoms with E-state index in [1.54, 1.807) is 0 Å². The Morgan fingerprint density at radius 1 is 1.56 bits per heavy atom. The maximum atomic E-state index is 7.35. The molecule has 1 unspecified atom stereocenters. The zero-order chi connectivity index (χ0) is 12.2. The zero-order valence-electron chi connectivity index (χ0n) is 10.5.